The fourth-order valence-corrected chi connectivity index (χ4v) is 3.70. The maximum Gasteiger partial charge on any atom is 0.225 e. The second-order valence-electron chi connectivity index (χ2n) is 7.24. The molecule has 0 unspecified atom stereocenters. The number of anilines is 4. The largest absolute Gasteiger partial charge is 0.353 e. The minimum absolute atomic E-state index is 0.789. The molecular weight excluding hydrogens is 362 g/mol. The van der Waals surface area contributed by atoms with Gasteiger partial charge in [0.25, 0.3) is 0 Å². The fourth-order valence-electron chi connectivity index (χ4n) is 3.70. The zero-order chi connectivity index (χ0) is 20.2. The molecule has 3 aromatic rings. The Labute approximate surface area is 172 Å². The molecule has 0 amide bonds. The number of aryl methyl sites for hydroxylation is 2. The number of hydrogen-bond acceptors (Lipinski definition) is 7. The van der Waals surface area contributed by atoms with E-state index in [-0.39, 0.29) is 0 Å². The van der Waals surface area contributed by atoms with Gasteiger partial charge < -0.3 is 14.7 Å². The molecule has 4 rings (SSSR count). The Kier molecular flexibility index (Phi) is 5.55. The Morgan fingerprint density at radius 3 is 2.31 bits per heavy atom. The molecule has 150 valence electrons. The van der Waals surface area contributed by atoms with Gasteiger partial charge in [-0.05, 0) is 44.5 Å². The number of nitrogens with zero attached hydrogens (tertiary/aromatic N) is 7. The van der Waals surface area contributed by atoms with E-state index in [1.807, 2.05) is 13.0 Å². The lowest BCUT2D eigenvalue weighted by atomic mass is 10.2. The van der Waals surface area contributed by atoms with Gasteiger partial charge >= 0.3 is 0 Å². The second-order valence-corrected chi connectivity index (χ2v) is 7.24. The van der Waals surface area contributed by atoms with Crippen LogP contribution in [-0.2, 0) is 0 Å². The second kappa shape index (κ2) is 8.43. The first-order valence-electron chi connectivity index (χ1n) is 10.1. The maximum atomic E-state index is 4.73. The van der Waals surface area contributed by atoms with Crippen molar-refractivity contribution in [2.24, 2.45) is 0 Å². The Hall–Kier alpha value is -3.22. The number of benzene rings is 1. The van der Waals surface area contributed by atoms with Crippen molar-refractivity contribution in [2.45, 2.75) is 20.8 Å². The summed E-state index contributed by atoms with van der Waals surface area (Å²) in [7, 11) is 0. The third-order valence-corrected chi connectivity index (χ3v) is 5.16. The molecule has 2 aromatic heterocycles. The molecule has 1 aliphatic heterocycles. The standard InChI is InChI=1S/C22H27N7/c1-4-29(19-8-5-7-17(2)15-19)21-16-20(25-18(3)26-21)27-11-13-28(14-12-27)22-23-9-6-10-24-22/h5-10,15-16H,4,11-14H2,1-3H3. The van der Waals surface area contributed by atoms with Crippen LogP contribution in [0.1, 0.15) is 18.3 Å². The summed E-state index contributed by atoms with van der Waals surface area (Å²) in [5.74, 6) is 3.50. The zero-order valence-corrected chi connectivity index (χ0v) is 17.3. The molecule has 0 aliphatic carbocycles. The minimum Gasteiger partial charge on any atom is -0.353 e. The van der Waals surface area contributed by atoms with Crippen molar-refractivity contribution in [3.63, 3.8) is 0 Å². The topological polar surface area (TPSA) is 61.3 Å². The zero-order valence-electron chi connectivity index (χ0n) is 17.3. The van der Waals surface area contributed by atoms with Gasteiger partial charge in [0.1, 0.15) is 17.5 Å². The first kappa shape index (κ1) is 19.1. The molecule has 29 heavy (non-hydrogen) atoms. The summed E-state index contributed by atoms with van der Waals surface area (Å²) >= 11 is 0. The molecule has 1 fully saturated rings. The van der Waals surface area contributed by atoms with E-state index in [0.717, 1.165) is 61.8 Å². The van der Waals surface area contributed by atoms with E-state index >= 15 is 0 Å². The van der Waals surface area contributed by atoms with Gasteiger partial charge in [0, 0.05) is 56.9 Å². The van der Waals surface area contributed by atoms with E-state index in [4.69, 9.17) is 9.97 Å². The summed E-state index contributed by atoms with van der Waals surface area (Å²) in [5, 5.41) is 0. The summed E-state index contributed by atoms with van der Waals surface area (Å²) in [6.45, 7) is 10.6. The average Bonchev–Trinajstić information content (AvgIpc) is 2.75. The van der Waals surface area contributed by atoms with Crippen LogP contribution in [0.15, 0.2) is 48.8 Å². The Bertz CT molecular complexity index is 952. The van der Waals surface area contributed by atoms with E-state index in [9.17, 15) is 0 Å². The van der Waals surface area contributed by atoms with Gasteiger partial charge in [-0.25, -0.2) is 19.9 Å². The Morgan fingerprint density at radius 2 is 1.62 bits per heavy atom. The third-order valence-electron chi connectivity index (χ3n) is 5.16. The van der Waals surface area contributed by atoms with E-state index in [1.54, 1.807) is 12.4 Å². The Balaban J connectivity index is 1.54. The highest BCUT2D eigenvalue weighted by atomic mass is 15.3. The molecule has 1 saturated heterocycles. The van der Waals surface area contributed by atoms with Gasteiger partial charge in [0.05, 0.1) is 0 Å². The van der Waals surface area contributed by atoms with Crippen molar-refractivity contribution < 1.29 is 0 Å². The van der Waals surface area contributed by atoms with Crippen molar-refractivity contribution in [3.8, 4) is 0 Å². The quantitative estimate of drug-likeness (QED) is 0.663. The van der Waals surface area contributed by atoms with Gasteiger partial charge in [-0.2, -0.15) is 0 Å². The lowest BCUT2D eigenvalue weighted by Crippen LogP contribution is -2.47. The molecule has 7 nitrogen and oxygen atoms in total. The fraction of sp³-hybridized carbons (Fsp3) is 0.364. The SMILES string of the molecule is CCN(c1cccc(C)c1)c1cc(N2CCN(c3ncccn3)CC2)nc(C)n1. The highest BCUT2D eigenvalue weighted by Gasteiger charge is 2.21. The van der Waals surface area contributed by atoms with Gasteiger partial charge in [0.2, 0.25) is 5.95 Å². The molecule has 7 heteroatoms. The van der Waals surface area contributed by atoms with Crippen molar-refractivity contribution in [1.29, 1.82) is 0 Å². The van der Waals surface area contributed by atoms with Crippen LogP contribution in [0.3, 0.4) is 0 Å². The molecule has 0 bridgehead atoms. The summed E-state index contributed by atoms with van der Waals surface area (Å²) < 4.78 is 0. The van der Waals surface area contributed by atoms with E-state index in [0.29, 0.717) is 0 Å². The Morgan fingerprint density at radius 1 is 0.897 bits per heavy atom. The van der Waals surface area contributed by atoms with E-state index in [1.165, 1.54) is 5.56 Å². The highest BCUT2D eigenvalue weighted by Crippen LogP contribution is 2.27. The van der Waals surface area contributed by atoms with E-state index < -0.39 is 0 Å². The predicted molar refractivity (Wildman–Crippen MR) is 117 cm³/mol. The van der Waals surface area contributed by atoms with Crippen molar-refractivity contribution in [1.82, 2.24) is 19.9 Å². The molecule has 0 N–H and O–H groups in total. The van der Waals surface area contributed by atoms with Crippen molar-refractivity contribution >= 4 is 23.3 Å². The molecule has 0 saturated carbocycles. The molecule has 1 aromatic carbocycles. The monoisotopic (exact) mass is 389 g/mol. The highest BCUT2D eigenvalue weighted by molar-refractivity contribution is 5.63. The van der Waals surface area contributed by atoms with Gasteiger partial charge in [0.15, 0.2) is 0 Å². The van der Waals surface area contributed by atoms with Crippen LogP contribution in [0.4, 0.5) is 23.3 Å². The number of aromatic nitrogens is 4. The summed E-state index contributed by atoms with van der Waals surface area (Å²) in [6, 6.07) is 12.5. The molecular formula is C22H27N7. The normalized spacial score (nSPS) is 14.2. The molecule has 1 aliphatic rings. The smallest absolute Gasteiger partial charge is 0.225 e. The summed E-state index contributed by atoms with van der Waals surface area (Å²) in [4.78, 5) is 25.0. The van der Waals surface area contributed by atoms with Crippen LogP contribution in [0, 0.1) is 13.8 Å². The van der Waals surface area contributed by atoms with Crippen LogP contribution in [0.5, 0.6) is 0 Å². The van der Waals surface area contributed by atoms with Gasteiger partial charge in [-0.1, -0.05) is 12.1 Å². The van der Waals surface area contributed by atoms with Gasteiger partial charge in [-0.15, -0.1) is 0 Å². The van der Waals surface area contributed by atoms with E-state index in [2.05, 4.69) is 68.8 Å². The lowest BCUT2D eigenvalue weighted by Gasteiger charge is -2.35. The first-order valence-corrected chi connectivity index (χ1v) is 10.1. The number of rotatable bonds is 5. The van der Waals surface area contributed by atoms with Crippen LogP contribution < -0.4 is 14.7 Å². The molecule has 3 heterocycles. The van der Waals surface area contributed by atoms with Crippen LogP contribution in [0.25, 0.3) is 0 Å². The third kappa shape index (κ3) is 4.29. The number of piperazine rings is 1. The van der Waals surface area contributed by atoms with Gasteiger partial charge in [-0.3, -0.25) is 0 Å². The predicted octanol–water partition coefficient (Wildman–Crippen LogP) is 3.37. The van der Waals surface area contributed by atoms with Crippen LogP contribution in [0.2, 0.25) is 0 Å². The van der Waals surface area contributed by atoms with Crippen LogP contribution >= 0.6 is 0 Å². The summed E-state index contributed by atoms with van der Waals surface area (Å²) in [6.07, 6.45) is 3.58. The van der Waals surface area contributed by atoms with Crippen molar-refractivity contribution in [2.75, 3.05) is 47.4 Å². The minimum atomic E-state index is 0.789. The van der Waals surface area contributed by atoms with Crippen LogP contribution in [-0.4, -0.2) is 52.7 Å². The maximum absolute atomic E-state index is 4.73. The van der Waals surface area contributed by atoms with Crippen molar-refractivity contribution in [3.05, 3.63) is 60.2 Å². The lowest BCUT2D eigenvalue weighted by molar-refractivity contribution is 0.633. The average molecular weight is 390 g/mol. The molecule has 0 radical (unpaired) electrons. The molecule has 0 spiro atoms. The molecule has 0 atom stereocenters. The number of hydrogen-bond donors (Lipinski definition) is 0. The first-order chi connectivity index (χ1) is 14.1. The summed E-state index contributed by atoms with van der Waals surface area (Å²) in [5.41, 5.74) is 2.40.